The second kappa shape index (κ2) is 3.26. The summed E-state index contributed by atoms with van der Waals surface area (Å²) in [5, 5.41) is 0. The number of fused-ring (bicyclic) bond motifs is 2. The molecule has 0 unspecified atom stereocenters. The van der Waals surface area contributed by atoms with E-state index in [4.69, 9.17) is 9.47 Å². The summed E-state index contributed by atoms with van der Waals surface area (Å²) in [7, 11) is 0. The van der Waals surface area contributed by atoms with Crippen molar-refractivity contribution in [2.24, 2.45) is 0 Å². The number of esters is 1. The minimum absolute atomic E-state index is 0.133. The molecule has 0 amide bonds. The molecule has 1 aromatic rings. The molecule has 78 valence electrons. The monoisotopic (exact) mass is 204 g/mol. The number of rotatable bonds is 0. The van der Waals surface area contributed by atoms with Crippen molar-refractivity contribution in [2.45, 2.75) is 25.7 Å². The van der Waals surface area contributed by atoms with Crippen LogP contribution in [0.2, 0.25) is 0 Å². The molecule has 0 saturated carbocycles. The standard InChI is InChI=1S/C12H12O3/c13-12-3-1-2-8-6-9-4-5-14-10(9)7-11(8)15-12/h6-7H,1-5H2. The average Bonchev–Trinajstić information content (AvgIpc) is 2.57. The van der Waals surface area contributed by atoms with E-state index in [-0.39, 0.29) is 5.97 Å². The molecule has 3 heteroatoms. The number of hydrogen-bond donors (Lipinski definition) is 0. The second-order valence-electron chi connectivity index (χ2n) is 3.99. The molecule has 0 aromatic heterocycles. The number of hydrogen-bond acceptors (Lipinski definition) is 3. The Morgan fingerprint density at radius 2 is 1.87 bits per heavy atom. The molecule has 3 nitrogen and oxygen atoms in total. The molecule has 2 aliphatic heterocycles. The molecule has 15 heavy (non-hydrogen) atoms. The first-order valence-corrected chi connectivity index (χ1v) is 5.32. The molecule has 3 rings (SSSR count). The van der Waals surface area contributed by atoms with Gasteiger partial charge in [-0.1, -0.05) is 0 Å². The third-order valence-electron chi connectivity index (χ3n) is 2.92. The number of carbonyl (C=O) groups excluding carboxylic acids is 1. The molecule has 2 heterocycles. The zero-order chi connectivity index (χ0) is 10.3. The van der Waals surface area contributed by atoms with E-state index >= 15 is 0 Å². The van der Waals surface area contributed by atoms with Crippen molar-refractivity contribution in [3.63, 3.8) is 0 Å². The van der Waals surface area contributed by atoms with Gasteiger partial charge in [-0.2, -0.15) is 0 Å². The Hall–Kier alpha value is -1.51. The first-order chi connectivity index (χ1) is 7.33. The van der Waals surface area contributed by atoms with Crippen molar-refractivity contribution in [2.75, 3.05) is 6.61 Å². The highest BCUT2D eigenvalue weighted by atomic mass is 16.5. The van der Waals surface area contributed by atoms with E-state index in [0.717, 1.165) is 37.2 Å². The van der Waals surface area contributed by atoms with E-state index in [1.807, 2.05) is 6.07 Å². The van der Waals surface area contributed by atoms with E-state index in [0.29, 0.717) is 12.2 Å². The summed E-state index contributed by atoms with van der Waals surface area (Å²) in [6.45, 7) is 0.742. The van der Waals surface area contributed by atoms with Crippen molar-refractivity contribution in [1.29, 1.82) is 0 Å². The summed E-state index contributed by atoms with van der Waals surface area (Å²) < 4.78 is 10.7. The van der Waals surface area contributed by atoms with Crippen LogP contribution >= 0.6 is 0 Å². The van der Waals surface area contributed by atoms with Crippen LogP contribution < -0.4 is 9.47 Å². The van der Waals surface area contributed by atoms with Crippen LogP contribution in [0.25, 0.3) is 0 Å². The lowest BCUT2D eigenvalue weighted by Gasteiger charge is -2.07. The lowest BCUT2D eigenvalue weighted by Crippen LogP contribution is -2.05. The maximum absolute atomic E-state index is 11.3. The van der Waals surface area contributed by atoms with E-state index < -0.39 is 0 Å². The Kier molecular flexibility index (Phi) is 1.91. The van der Waals surface area contributed by atoms with Gasteiger partial charge in [-0.25, -0.2) is 0 Å². The van der Waals surface area contributed by atoms with Gasteiger partial charge >= 0.3 is 5.97 Å². The van der Waals surface area contributed by atoms with Crippen LogP contribution in [0.1, 0.15) is 24.0 Å². The summed E-state index contributed by atoms with van der Waals surface area (Å²) >= 11 is 0. The number of benzene rings is 1. The van der Waals surface area contributed by atoms with E-state index in [1.165, 1.54) is 5.56 Å². The first kappa shape index (κ1) is 8.77. The predicted molar refractivity (Wildman–Crippen MR) is 54.2 cm³/mol. The smallest absolute Gasteiger partial charge is 0.311 e. The molecular formula is C12H12O3. The van der Waals surface area contributed by atoms with Gasteiger partial charge in [0.25, 0.3) is 0 Å². The molecule has 0 bridgehead atoms. The van der Waals surface area contributed by atoms with Gasteiger partial charge in [0.05, 0.1) is 6.61 Å². The number of aryl methyl sites for hydroxylation is 1. The van der Waals surface area contributed by atoms with E-state index in [2.05, 4.69) is 6.07 Å². The Labute approximate surface area is 88.0 Å². The third-order valence-corrected chi connectivity index (χ3v) is 2.92. The molecule has 0 saturated heterocycles. The highest BCUT2D eigenvalue weighted by molar-refractivity contribution is 5.74. The minimum Gasteiger partial charge on any atom is -0.493 e. The SMILES string of the molecule is O=C1CCCc2cc3c(cc2O1)OCC3. The molecule has 0 N–H and O–H groups in total. The van der Waals surface area contributed by atoms with Crippen molar-refractivity contribution >= 4 is 5.97 Å². The largest absolute Gasteiger partial charge is 0.493 e. The fourth-order valence-corrected chi connectivity index (χ4v) is 2.14. The van der Waals surface area contributed by atoms with Gasteiger partial charge in [-0.15, -0.1) is 0 Å². The Morgan fingerprint density at radius 1 is 1.00 bits per heavy atom. The van der Waals surface area contributed by atoms with E-state index in [9.17, 15) is 4.79 Å². The maximum Gasteiger partial charge on any atom is 0.311 e. The second-order valence-corrected chi connectivity index (χ2v) is 3.99. The van der Waals surface area contributed by atoms with Crippen LogP contribution in [0, 0.1) is 0 Å². The lowest BCUT2D eigenvalue weighted by molar-refractivity contribution is -0.134. The van der Waals surface area contributed by atoms with Crippen molar-refractivity contribution < 1.29 is 14.3 Å². The fraction of sp³-hybridized carbons (Fsp3) is 0.417. The summed E-state index contributed by atoms with van der Waals surface area (Å²) in [4.78, 5) is 11.3. The minimum atomic E-state index is -0.133. The molecule has 0 spiro atoms. The predicted octanol–water partition coefficient (Wildman–Crippen LogP) is 1.86. The maximum atomic E-state index is 11.3. The Bertz CT molecular complexity index is 423. The van der Waals surface area contributed by atoms with Gasteiger partial charge < -0.3 is 9.47 Å². The summed E-state index contributed by atoms with van der Waals surface area (Å²) in [6.07, 6.45) is 3.29. The zero-order valence-electron chi connectivity index (χ0n) is 8.41. The lowest BCUT2D eigenvalue weighted by atomic mass is 10.0. The third kappa shape index (κ3) is 1.48. The molecular weight excluding hydrogens is 192 g/mol. The summed E-state index contributed by atoms with van der Waals surface area (Å²) in [5.74, 6) is 1.44. The molecule has 2 aliphatic rings. The van der Waals surface area contributed by atoms with Gasteiger partial charge in [0.15, 0.2) is 0 Å². The Balaban J connectivity index is 2.07. The van der Waals surface area contributed by atoms with Gasteiger partial charge in [-0.3, -0.25) is 4.79 Å². The van der Waals surface area contributed by atoms with Crippen LogP contribution in [0.5, 0.6) is 11.5 Å². The van der Waals surface area contributed by atoms with Crippen molar-refractivity contribution in [3.05, 3.63) is 23.3 Å². The Morgan fingerprint density at radius 3 is 2.80 bits per heavy atom. The van der Waals surface area contributed by atoms with Gasteiger partial charge in [0, 0.05) is 18.9 Å². The number of carbonyl (C=O) groups is 1. The molecule has 0 fully saturated rings. The first-order valence-electron chi connectivity index (χ1n) is 5.32. The van der Waals surface area contributed by atoms with Crippen LogP contribution in [0.4, 0.5) is 0 Å². The normalized spacial score (nSPS) is 18.5. The van der Waals surface area contributed by atoms with Crippen LogP contribution in [0.15, 0.2) is 12.1 Å². The van der Waals surface area contributed by atoms with Crippen molar-refractivity contribution in [1.82, 2.24) is 0 Å². The van der Waals surface area contributed by atoms with Gasteiger partial charge in [0.1, 0.15) is 11.5 Å². The van der Waals surface area contributed by atoms with Gasteiger partial charge in [-0.05, 0) is 30.0 Å². The highest BCUT2D eigenvalue weighted by Gasteiger charge is 2.20. The fourth-order valence-electron chi connectivity index (χ4n) is 2.14. The molecule has 0 radical (unpaired) electrons. The highest BCUT2D eigenvalue weighted by Crippen LogP contribution is 2.35. The quantitative estimate of drug-likeness (QED) is 0.478. The molecule has 0 atom stereocenters. The summed E-state index contributed by atoms with van der Waals surface area (Å²) in [5.41, 5.74) is 2.39. The summed E-state index contributed by atoms with van der Waals surface area (Å²) in [6, 6.07) is 3.98. The van der Waals surface area contributed by atoms with Crippen LogP contribution in [-0.4, -0.2) is 12.6 Å². The van der Waals surface area contributed by atoms with E-state index in [1.54, 1.807) is 0 Å². The van der Waals surface area contributed by atoms with Crippen LogP contribution in [0.3, 0.4) is 0 Å². The van der Waals surface area contributed by atoms with Gasteiger partial charge in [0.2, 0.25) is 0 Å². The zero-order valence-corrected chi connectivity index (χ0v) is 8.41. The molecule has 1 aromatic carbocycles. The molecule has 0 aliphatic carbocycles. The number of ether oxygens (including phenoxy) is 2. The van der Waals surface area contributed by atoms with Crippen molar-refractivity contribution in [3.8, 4) is 11.5 Å². The topological polar surface area (TPSA) is 35.5 Å². The average molecular weight is 204 g/mol. The van der Waals surface area contributed by atoms with Crippen LogP contribution in [-0.2, 0) is 17.6 Å².